The van der Waals surface area contributed by atoms with Gasteiger partial charge in [0.15, 0.2) is 5.76 Å². The van der Waals surface area contributed by atoms with Crippen molar-refractivity contribution in [1.82, 2.24) is 10.6 Å². The molecule has 2 rings (SSSR count). The van der Waals surface area contributed by atoms with Crippen LogP contribution in [-0.4, -0.2) is 24.9 Å². The van der Waals surface area contributed by atoms with Gasteiger partial charge >= 0.3 is 0 Å². The van der Waals surface area contributed by atoms with E-state index >= 15 is 0 Å². The molecule has 100 valence electrons. The van der Waals surface area contributed by atoms with Crippen LogP contribution in [0.5, 0.6) is 0 Å². The van der Waals surface area contributed by atoms with E-state index in [2.05, 4.69) is 10.6 Å². The fraction of sp³-hybridized carbons (Fsp3) is 0.167. The van der Waals surface area contributed by atoms with Crippen LogP contribution in [0.25, 0.3) is 0 Å². The molecule has 0 fully saturated rings. The van der Waals surface area contributed by atoms with Gasteiger partial charge in [-0.25, -0.2) is 0 Å². The number of halogens is 1. The Kier molecular flexibility index (Phi) is 4.59. The third kappa shape index (κ3) is 3.84. The Balaban J connectivity index is 1.70. The Hall–Kier alpha value is -1.79. The minimum absolute atomic E-state index is 0.204. The van der Waals surface area contributed by atoms with Gasteiger partial charge in [0, 0.05) is 13.1 Å². The first-order valence-corrected chi connectivity index (χ1v) is 6.71. The van der Waals surface area contributed by atoms with Crippen molar-refractivity contribution < 1.29 is 14.0 Å². The highest BCUT2D eigenvalue weighted by molar-refractivity contribution is 7.17. The monoisotopic (exact) mass is 298 g/mol. The van der Waals surface area contributed by atoms with E-state index in [4.69, 9.17) is 16.0 Å². The minimum Gasteiger partial charge on any atom is -0.459 e. The largest absolute Gasteiger partial charge is 0.459 e. The summed E-state index contributed by atoms with van der Waals surface area (Å²) in [7, 11) is 0. The molecule has 0 saturated heterocycles. The van der Waals surface area contributed by atoms with E-state index < -0.39 is 0 Å². The van der Waals surface area contributed by atoms with Gasteiger partial charge in [0.25, 0.3) is 11.8 Å². The van der Waals surface area contributed by atoms with Crippen LogP contribution >= 0.6 is 22.9 Å². The second kappa shape index (κ2) is 6.40. The lowest BCUT2D eigenvalue weighted by molar-refractivity contribution is 0.0911. The van der Waals surface area contributed by atoms with Crippen molar-refractivity contribution in [2.75, 3.05) is 13.1 Å². The SMILES string of the molecule is O=C(NCCNC(=O)c1ccc(Cl)s1)c1ccco1. The molecular weight excluding hydrogens is 288 g/mol. The van der Waals surface area contributed by atoms with Gasteiger partial charge in [-0.15, -0.1) is 11.3 Å². The van der Waals surface area contributed by atoms with Crippen LogP contribution in [-0.2, 0) is 0 Å². The topological polar surface area (TPSA) is 71.3 Å². The summed E-state index contributed by atoms with van der Waals surface area (Å²) in [6.07, 6.45) is 1.43. The average Bonchev–Trinajstić information content (AvgIpc) is 3.04. The summed E-state index contributed by atoms with van der Waals surface area (Å²) in [6, 6.07) is 6.53. The predicted molar refractivity (Wildman–Crippen MR) is 72.7 cm³/mol. The molecule has 0 aliphatic heterocycles. The zero-order valence-electron chi connectivity index (χ0n) is 9.81. The van der Waals surface area contributed by atoms with Crippen LogP contribution in [0, 0.1) is 0 Å². The Bertz CT molecular complexity index is 565. The van der Waals surface area contributed by atoms with Gasteiger partial charge in [-0.05, 0) is 24.3 Å². The number of nitrogens with one attached hydrogen (secondary N) is 2. The maximum absolute atomic E-state index is 11.6. The quantitative estimate of drug-likeness (QED) is 0.831. The third-order valence-corrected chi connectivity index (χ3v) is 3.47. The lowest BCUT2D eigenvalue weighted by atomic mass is 10.4. The second-order valence-electron chi connectivity index (χ2n) is 3.59. The van der Waals surface area contributed by atoms with Gasteiger partial charge in [0.1, 0.15) is 0 Å². The first-order valence-electron chi connectivity index (χ1n) is 5.52. The fourth-order valence-electron chi connectivity index (χ4n) is 1.37. The molecule has 2 amide bonds. The molecule has 2 N–H and O–H groups in total. The van der Waals surface area contributed by atoms with Crippen LogP contribution in [0.15, 0.2) is 34.9 Å². The first kappa shape index (κ1) is 13.6. The summed E-state index contributed by atoms with van der Waals surface area (Å²) in [6.45, 7) is 0.658. The van der Waals surface area contributed by atoms with Crippen molar-refractivity contribution in [3.63, 3.8) is 0 Å². The molecule has 5 nitrogen and oxygen atoms in total. The van der Waals surface area contributed by atoms with E-state index in [1.54, 1.807) is 24.3 Å². The van der Waals surface area contributed by atoms with Crippen molar-refractivity contribution in [2.45, 2.75) is 0 Å². The average molecular weight is 299 g/mol. The molecule has 0 saturated carbocycles. The van der Waals surface area contributed by atoms with Gasteiger partial charge in [0.05, 0.1) is 15.5 Å². The van der Waals surface area contributed by atoms with Crippen molar-refractivity contribution in [3.05, 3.63) is 45.5 Å². The number of rotatable bonds is 5. The Morgan fingerprint density at radius 3 is 2.47 bits per heavy atom. The first-order chi connectivity index (χ1) is 9.16. The summed E-state index contributed by atoms with van der Waals surface area (Å²) in [4.78, 5) is 23.7. The van der Waals surface area contributed by atoms with E-state index in [1.807, 2.05) is 0 Å². The highest BCUT2D eigenvalue weighted by atomic mass is 35.5. The highest BCUT2D eigenvalue weighted by Crippen LogP contribution is 2.20. The molecule has 0 aliphatic carbocycles. The molecule has 19 heavy (non-hydrogen) atoms. The molecule has 2 aromatic rings. The van der Waals surface area contributed by atoms with E-state index in [9.17, 15) is 9.59 Å². The number of carbonyl (C=O) groups excluding carboxylic acids is 2. The summed E-state index contributed by atoms with van der Waals surface area (Å²) in [5, 5.41) is 5.31. The van der Waals surface area contributed by atoms with E-state index in [1.165, 1.54) is 17.6 Å². The summed E-state index contributed by atoms with van der Waals surface area (Å²) < 4.78 is 5.50. The number of hydrogen-bond donors (Lipinski definition) is 2. The molecule has 2 heterocycles. The molecule has 7 heteroatoms. The van der Waals surface area contributed by atoms with Crippen LogP contribution < -0.4 is 10.6 Å². The zero-order chi connectivity index (χ0) is 13.7. The normalized spacial score (nSPS) is 10.2. The third-order valence-electron chi connectivity index (χ3n) is 2.24. The molecule has 0 aliphatic rings. The van der Waals surface area contributed by atoms with Crippen molar-refractivity contribution in [3.8, 4) is 0 Å². The second-order valence-corrected chi connectivity index (χ2v) is 5.31. The molecule has 0 bridgehead atoms. The van der Waals surface area contributed by atoms with Crippen molar-refractivity contribution in [1.29, 1.82) is 0 Å². The zero-order valence-corrected chi connectivity index (χ0v) is 11.4. The molecule has 0 spiro atoms. The molecular formula is C12H11ClN2O3S. The lowest BCUT2D eigenvalue weighted by Gasteiger charge is -2.04. The predicted octanol–water partition coefficient (Wildman–Crippen LogP) is 2.15. The molecule has 0 radical (unpaired) electrons. The number of amides is 2. The van der Waals surface area contributed by atoms with Gasteiger partial charge in [-0.3, -0.25) is 9.59 Å². The number of thiophene rings is 1. The summed E-state index contributed by atoms with van der Waals surface area (Å²) in [5.74, 6) is -0.265. The molecule has 2 aromatic heterocycles. The van der Waals surface area contributed by atoms with Crippen molar-refractivity contribution >= 4 is 34.8 Å². The van der Waals surface area contributed by atoms with Gasteiger partial charge < -0.3 is 15.1 Å². The molecule has 0 aromatic carbocycles. The minimum atomic E-state index is -0.307. The van der Waals surface area contributed by atoms with Crippen LogP contribution in [0.1, 0.15) is 20.2 Å². The molecule has 0 unspecified atom stereocenters. The fourth-order valence-corrected chi connectivity index (χ4v) is 2.33. The van der Waals surface area contributed by atoms with Crippen molar-refractivity contribution in [2.24, 2.45) is 0 Å². The van der Waals surface area contributed by atoms with Crippen LogP contribution in [0.2, 0.25) is 4.34 Å². The maximum atomic E-state index is 11.6. The van der Waals surface area contributed by atoms with E-state index in [0.717, 1.165) is 0 Å². The Morgan fingerprint density at radius 1 is 1.16 bits per heavy atom. The smallest absolute Gasteiger partial charge is 0.287 e. The lowest BCUT2D eigenvalue weighted by Crippen LogP contribution is -2.34. The number of carbonyl (C=O) groups is 2. The van der Waals surface area contributed by atoms with Crippen LogP contribution in [0.3, 0.4) is 0 Å². The highest BCUT2D eigenvalue weighted by Gasteiger charge is 2.09. The van der Waals surface area contributed by atoms with E-state index in [-0.39, 0.29) is 17.6 Å². The Labute approximate surface area is 118 Å². The standard InChI is InChI=1S/C12H11ClN2O3S/c13-10-4-3-9(19-10)12(17)15-6-5-14-11(16)8-2-1-7-18-8/h1-4,7H,5-6H2,(H,14,16)(H,15,17). The van der Waals surface area contributed by atoms with Gasteiger partial charge in [-0.1, -0.05) is 11.6 Å². The number of furan rings is 1. The van der Waals surface area contributed by atoms with E-state index in [0.29, 0.717) is 22.3 Å². The Morgan fingerprint density at radius 2 is 1.89 bits per heavy atom. The number of hydrogen-bond acceptors (Lipinski definition) is 4. The summed E-state index contributed by atoms with van der Waals surface area (Å²) in [5.41, 5.74) is 0. The van der Waals surface area contributed by atoms with Gasteiger partial charge in [-0.2, -0.15) is 0 Å². The summed E-state index contributed by atoms with van der Waals surface area (Å²) >= 11 is 6.94. The van der Waals surface area contributed by atoms with Gasteiger partial charge in [0.2, 0.25) is 0 Å². The van der Waals surface area contributed by atoms with Crippen LogP contribution in [0.4, 0.5) is 0 Å². The molecule has 0 atom stereocenters. The maximum Gasteiger partial charge on any atom is 0.287 e.